The number of hydrogen-bond acceptors (Lipinski definition) is 11. The Bertz CT molecular complexity index is 2520. The Morgan fingerprint density at radius 3 is 1.68 bits per heavy atom. The number of ketones is 2. The number of carbonyl (C=O) groups excluding carboxylic acids is 4. The molecule has 13 nitrogen and oxygen atoms in total. The second-order valence-electron chi connectivity index (χ2n) is 19.7. The summed E-state index contributed by atoms with van der Waals surface area (Å²) in [7, 11) is 6.71. The number of aliphatic hydroxyl groups excluding tert-OH is 2. The molecule has 0 fully saturated rings. The third-order valence-electron chi connectivity index (χ3n) is 14.9. The summed E-state index contributed by atoms with van der Waals surface area (Å²) in [6.45, 7) is -3.70. The van der Waals surface area contributed by atoms with Gasteiger partial charge in [0.15, 0.2) is 17.1 Å². The van der Waals surface area contributed by atoms with Crippen molar-refractivity contribution in [1.29, 1.82) is 0 Å². The number of phenolic OH excluding ortho intramolecular Hbond substituents is 1. The maximum atomic E-state index is 14.4. The van der Waals surface area contributed by atoms with E-state index in [4.69, 9.17) is 5.73 Å². The molecule has 0 unspecified atom stereocenters. The van der Waals surface area contributed by atoms with Crippen molar-refractivity contribution in [1.82, 2.24) is 4.90 Å². The topological polar surface area (TPSA) is 214 Å². The fraction of sp³-hybridized carbons (Fsp3) is 0.418. The van der Waals surface area contributed by atoms with Crippen LogP contribution in [0.25, 0.3) is 0 Å². The number of nitrogens with zero attached hydrogens (tertiary/aromatic N) is 2. The molecule has 3 aliphatic carbocycles. The molecule has 0 spiro atoms. The van der Waals surface area contributed by atoms with Crippen LogP contribution in [-0.4, -0.2) is 99.6 Å². The van der Waals surface area contributed by atoms with Gasteiger partial charge in [0.1, 0.15) is 17.1 Å². The van der Waals surface area contributed by atoms with E-state index in [0.29, 0.717) is 23.8 Å². The molecular formula is C55H69N4O9P. The zero-order valence-corrected chi connectivity index (χ0v) is 41.3. The van der Waals surface area contributed by atoms with Crippen LogP contribution in [0, 0.1) is 11.8 Å². The first-order chi connectivity index (χ1) is 33.0. The van der Waals surface area contributed by atoms with Gasteiger partial charge in [-0.05, 0) is 44.5 Å². The number of benzene rings is 4. The first-order valence-corrected chi connectivity index (χ1v) is 26.8. The molecule has 0 aromatic heterocycles. The van der Waals surface area contributed by atoms with Crippen molar-refractivity contribution >= 4 is 57.5 Å². The monoisotopic (exact) mass is 960 g/mol. The molecular weight excluding hydrogens is 892 g/mol. The molecule has 4 atom stereocenters. The van der Waals surface area contributed by atoms with E-state index in [-0.39, 0.29) is 42.0 Å². The second-order valence-corrected chi connectivity index (χ2v) is 24.2. The van der Waals surface area contributed by atoms with Crippen LogP contribution in [0.2, 0.25) is 0 Å². The molecule has 69 heavy (non-hydrogen) atoms. The fourth-order valence-electron chi connectivity index (χ4n) is 11.4. The summed E-state index contributed by atoms with van der Waals surface area (Å²) < 4.78 is 0. The quantitative estimate of drug-likeness (QED) is 0.0191. The number of Topliss-reactive ketones (excluding diaryl/α,β-unsaturated/α-hetero) is 2. The van der Waals surface area contributed by atoms with Crippen molar-refractivity contribution in [2.75, 3.05) is 44.6 Å². The maximum Gasteiger partial charge on any atom is 0.255 e. The summed E-state index contributed by atoms with van der Waals surface area (Å²) in [4.78, 5) is 70.3. The number of amides is 2. The summed E-state index contributed by atoms with van der Waals surface area (Å²) in [5, 5.41) is 52.1. The molecule has 0 bridgehead atoms. The molecule has 0 saturated heterocycles. The predicted molar refractivity (Wildman–Crippen MR) is 274 cm³/mol. The molecule has 368 valence electrons. The van der Waals surface area contributed by atoms with Gasteiger partial charge < -0.3 is 36.4 Å². The number of anilines is 2. The summed E-state index contributed by atoms with van der Waals surface area (Å²) in [5.74, 6) is -7.62. The number of allylic oxidation sites excluding steroid dienone is 1. The SMILES string of the molecule is CN(C)c1cc(NC(=O)CCCCCCCCCCCCCP(O)(c2ccccc2)(c2ccccc2)c2ccccc2)c(O)c2c1C[C@H]1C[C@H]3[C@H](N(C)C)C(O)=C(C(N)=O)C(=O)[C@@]3(O)C(O)=C1C2=O. The van der Waals surface area contributed by atoms with Gasteiger partial charge in [0.25, 0.3) is 5.91 Å². The number of phenols is 1. The molecule has 7 rings (SSSR count). The van der Waals surface area contributed by atoms with Crippen molar-refractivity contribution in [2.24, 2.45) is 17.6 Å². The van der Waals surface area contributed by atoms with Gasteiger partial charge in [0.05, 0.1) is 17.3 Å². The Kier molecular flexibility index (Phi) is 15.5. The molecule has 0 radical (unpaired) electrons. The number of nitrogens with two attached hydrogens (primary N) is 1. The number of fused-ring (bicyclic) bond motifs is 3. The summed E-state index contributed by atoms with van der Waals surface area (Å²) in [5.41, 5.74) is 2.49. The molecule has 0 aliphatic heterocycles. The standard InChI is InChI=1S/C55H69N4O9P/c1-58(2)43-35-42(49(61)46-40(43)33-36-34-41-48(59(3)4)51(63)47(54(56)66)53(65)55(41,67)52(64)45(36)50(46)62)57-44(60)31-23-12-10-8-6-5-7-9-11-13-24-32-69(68,37-25-17-14-18-26-37,38-27-19-15-20-28-38)39-29-21-16-22-30-39/h14-22,25-30,35-36,41,48,61,63-64,67-68H,5-13,23-24,31-34H2,1-4H3,(H2,56,66)(H,57,60)/t36-,41-,48-,55-/m0/s1. The van der Waals surface area contributed by atoms with Gasteiger partial charge in [0, 0.05) is 37.7 Å². The number of carbonyl (C=O) groups is 4. The minimum absolute atomic E-state index is 0.0205. The van der Waals surface area contributed by atoms with Gasteiger partial charge in [-0.15, -0.1) is 0 Å². The third-order valence-corrected chi connectivity index (χ3v) is 20.3. The molecule has 3 aliphatic rings. The van der Waals surface area contributed by atoms with Gasteiger partial charge in [-0.25, -0.2) is 0 Å². The Morgan fingerprint density at radius 1 is 0.739 bits per heavy atom. The Hall–Kier alpha value is -5.85. The average Bonchev–Trinajstić information content (AvgIpc) is 3.33. The van der Waals surface area contributed by atoms with Crippen LogP contribution in [-0.2, 0) is 20.8 Å². The second kappa shape index (κ2) is 21.0. The molecule has 2 amide bonds. The zero-order valence-electron chi connectivity index (χ0n) is 40.4. The third kappa shape index (κ3) is 9.46. The normalized spacial score (nSPS) is 20.7. The minimum atomic E-state index is -3.70. The summed E-state index contributed by atoms with van der Waals surface area (Å²) in [6, 6.07) is 31.2. The number of primary amides is 1. The van der Waals surface area contributed by atoms with E-state index in [1.165, 1.54) is 4.90 Å². The number of hydrogen-bond donors (Lipinski definition) is 7. The van der Waals surface area contributed by atoms with Gasteiger partial charge >= 0.3 is 195 Å². The molecule has 8 N–H and O–H groups in total. The number of aliphatic hydroxyl groups is 3. The first kappa shape index (κ1) is 51.0. The van der Waals surface area contributed by atoms with Crippen LogP contribution < -0.4 is 31.9 Å². The summed E-state index contributed by atoms with van der Waals surface area (Å²) >= 11 is 0. The smallest absolute Gasteiger partial charge is 0.255 e. The van der Waals surface area contributed by atoms with Gasteiger partial charge in [-0.1, -0.05) is 0 Å². The van der Waals surface area contributed by atoms with Gasteiger partial charge in [0.2, 0.25) is 11.7 Å². The average molecular weight is 961 g/mol. The molecule has 0 saturated carbocycles. The van der Waals surface area contributed by atoms with Crippen LogP contribution >= 0.6 is 6.83 Å². The van der Waals surface area contributed by atoms with Crippen LogP contribution in [0.1, 0.15) is 99.4 Å². The first-order valence-electron chi connectivity index (χ1n) is 24.4. The fourth-order valence-corrected chi connectivity index (χ4v) is 16.3. The number of rotatable bonds is 21. The molecule has 4 aromatic rings. The van der Waals surface area contributed by atoms with E-state index < -0.39 is 70.6 Å². The van der Waals surface area contributed by atoms with Crippen molar-refractivity contribution in [3.63, 3.8) is 0 Å². The van der Waals surface area contributed by atoms with E-state index in [2.05, 4.69) is 41.7 Å². The van der Waals surface area contributed by atoms with E-state index in [0.717, 1.165) is 80.1 Å². The molecule has 4 aromatic carbocycles. The largest absolute Gasteiger partial charge is 0.510 e. The Balaban J connectivity index is 0.890. The minimum Gasteiger partial charge on any atom is -0.510 e. The van der Waals surface area contributed by atoms with Gasteiger partial charge in [-0.2, -0.15) is 0 Å². The summed E-state index contributed by atoms with van der Waals surface area (Å²) in [6.07, 6.45) is 12.2. The number of nitrogens with one attached hydrogen (secondary N) is 1. The van der Waals surface area contributed by atoms with E-state index >= 15 is 0 Å². The van der Waals surface area contributed by atoms with Crippen molar-refractivity contribution in [3.8, 4) is 5.75 Å². The van der Waals surface area contributed by atoms with Crippen molar-refractivity contribution in [3.05, 3.63) is 131 Å². The maximum absolute atomic E-state index is 14.4. The molecule has 14 heteroatoms. The van der Waals surface area contributed by atoms with Crippen LogP contribution in [0.15, 0.2) is 120 Å². The number of aromatic hydroxyl groups is 1. The number of unbranched alkanes of at least 4 members (excludes halogenated alkanes) is 10. The van der Waals surface area contributed by atoms with E-state index in [9.17, 15) is 44.5 Å². The predicted octanol–water partition coefficient (Wildman–Crippen LogP) is 7.24. The van der Waals surface area contributed by atoms with Crippen LogP contribution in [0.3, 0.4) is 0 Å². The Morgan fingerprint density at radius 2 is 1.22 bits per heavy atom. The molecule has 0 heterocycles. The Labute approximate surface area is 405 Å². The number of likely N-dealkylation sites (N-methyl/N-ethyl adjacent to an activating group) is 1. The zero-order chi connectivity index (χ0) is 49.7. The van der Waals surface area contributed by atoms with Crippen LogP contribution in [0.4, 0.5) is 11.4 Å². The van der Waals surface area contributed by atoms with Gasteiger partial charge in [-0.3, -0.25) is 24.1 Å². The van der Waals surface area contributed by atoms with Crippen molar-refractivity contribution < 1.29 is 44.5 Å². The van der Waals surface area contributed by atoms with Crippen LogP contribution in [0.5, 0.6) is 5.75 Å². The van der Waals surface area contributed by atoms with E-state index in [1.807, 2.05) is 54.6 Å². The van der Waals surface area contributed by atoms with Crippen molar-refractivity contribution in [2.45, 2.75) is 102 Å². The van der Waals surface area contributed by atoms with E-state index in [1.54, 1.807) is 39.2 Å².